The van der Waals surface area contributed by atoms with Crippen molar-refractivity contribution in [2.75, 3.05) is 6.61 Å². The van der Waals surface area contributed by atoms with Crippen LogP contribution in [0.2, 0.25) is 0 Å². The number of ether oxygens (including phenoxy) is 1. The van der Waals surface area contributed by atoms with Crippen molar-refractivity contribution in [1.82, 2.24) is 10.1 Å². The van der Waals surface area contributed by atoms with E-state index in [0.29, 0.717) is 24.7 Å². The molecule has 0 amide bonds. The Bertz CT molecular complexity index is 611. The Labute approximate surface area is 123 Å². The number of rotatable bonds is 4. The van der Waals surface area contributed by atoms with Crippen molar-refractivity contribution < 1.29 is 14.4 Å². The van der Waals surface area contributed by atoms with Crippen LogP contribution >= 0.6 is 0 Å². The first-order valence-electron chi connectivity index (χ1n) is 7.41. The summed E-state index contributed by atoms with van der Waals surface area (Å²) in [6.45, 7) is 4.39. The molecular formula is C16H20N2O3. The summed E-state index contributed by atoms with van der Waals surface area (Å²) >= 11 is 0. The van der Waals surface area contributed by atoms with Gasteiger partial charge in [-0.05, 0) is 24.5 Å². The van der Waals surface area contributed by atoms with Gasteiger partial charge in [0.25, 0.3) is 0 Å². The van der Waals surface area contributed by atoms with Gasteiger partial charge in [0.1, 0.15) is 5.75 Å². The Morgan fingerprint density at radius 3 is 3.00 bits per heavy atom. The molecule has 0 radical (unpaired) electrons. The van der Waals surface area contributed by atoms with Crippen molar-refractivity contribution in [2.24, 2.45) is 0 Å². The maximum absolute atomic E-state index is 9.88. The van der Waals surface area contributed by atoms with Crippen LogP contribution in [-0.2, 0) is 6.42 Å². The zero-order chi connectivity index (χ0) is 14.8. The fourth-order valence-corrected chi connectivity index (χ4v) is 2.61. The van der Waals surface area contributed by atoms with Crippen LogP contribution in [0.3, 0.4) is 0 Å². The number of fused-ring (bicyclic) bond motifs is 1. The van der Waals surface area contributed by atoms with Crippen molar-refractivity contribution in [2.45, 2.75) is 44.6 Å². The maximum Gasteiger partial charge on any atom is 0.232 e. The lowest BCUT2D eigenvalue weighted by molar-refractivity contribution is 0.129. The molecule has 21 heavy (non-hydrogen) atoms. The Morgan fingerprint density at radius 1 is 1.38 bits per heavy atom. The van der Waals surface area contributed by atoms with Crippen molar-refractivity contribution in [1.29, 1.82) is 0 Å². The van der Waals surface area contributed by atoms with Crippen molar-refractivity contribution >= 4 is 0 Å². The highest BCUT2D eigenvalue weighted by Crippen LogP contribution is 2.31. The van der Waals surface area contributed by atoms with Crippen LogP contribution in [0.5, 0.6) is 5.75 Å². The average molecular weight is 288 g/mol. The minimum Gasteiger partial charge on any atom is -0.493 e. The molecule has 0 aliphatic carbocycles. The van der Waals surface area contributed by atoms with Crippen molar-refractivity contribution in [3.63, 3.8) is 0 Å². The Morgan fingerprint density at radius 2 is 2.19 bits per heavy atom. The molecule has 1 N–H and O–H groups in total. The molecule has 5 nitrogen and oxygen atoms in total. The Kier molecular flexibility index (Phi) is 3.92. The standard InChI is InChI=1S/C16H20N2O3/c1-3-13(19)10(2)16-17-15(18-21-16)12-8-11-6-4-5-7-14(11)20-9-12/h4-7,10,12-13,19H,3,8-9H2,1-2H3. The molecule has 5 heteroatoms. The van der Waals surface area contributed by atoms with Crippen LogP contribution in [0.25, 0.3) is 0 Å². The molecule has 0 fully saturated rings. The zero-order valence-electron chi connectivity index (χ0n) is 12.3. The third-order valence-electron chi connectivity index (χ3n) is 4.09. The molecule has 3 unspecified atom stereocenters. The molecule has 1 aliphatic heterocycles. The summed E-state index contributed by atoms with van der Waals surface area (Å²) in [7, 11) is 0. The van der Waals surface area contributed by atoms with Crippen LogP contribution < -0.4 is 4.74 Å². The van der Waals surface area contributed by atoms with E-state index in [4.69, 9.17) is 9.26 Å². The van der Waals surface area contributed by atoms with Crippen LogP contribution in [0.1, 0.15) is 49.4 Å². The highest BCUT2D eigenvalue weighted by atomic mass is 16.5. The Hall–Kier alpha value is -1.88. The third kappa shape index (κ3) is 2.78. The summed E-state index contributed by atoms with van der Waals surface area (Å²) in [6.07, 6.45) is 1.06. The molecule has 3 rings (SSSR count). The third-order valence-corrected chi connectivity index (χ3v) is 4.09. The number of aliphatic hydroxyl groups excluding tert-OH is 1. The average Bonchev–Trinajstić information content (AvgIpc) is 3.02. The van der Waals surface area contributed by atoms with E-state index < -0.39 is 6.10 Å². The summed E-state index contributed by atoms with van der Waals surface area (Å²) in [5, 5.41) is 14.0. The van der Waals surface area contributed by atoms with Gasteiger partial charge in [0.2, 0.25) is 5.89 Å². The van der Waals surface area contributed by atoms with Crippen molar-refractivity contribution in [3.05, 3.63) is 41.5 Å². The molecule has 1 aromatic carbocycles. The zero-order valence-corrected chi connectivity index (χ0v) is 12.3. The molecular weight excluding hydrogens is 268 g/mol. The van der Waals surface area contributed by atoms with Gasteiger partial charge in [0, 0.05) is 0 Å². The van der Waals surface area contributed by atoms with Crippen LogP contribution in [0, 0.1) is 0 Å². The highest BCUT2D eigenvalue weighted by molar-refractivity contribution is 5.36. The van der Waals surface area contributed by atoms with Gasteiger partial charge in [-0.2, -0.15) is 4.98 Å². The number of hydrogen-bond donors (Lipinski definition) is 1. The normalized spacial score (nSPS) is 20.4. The van der Waals surface area contributed by atoms with Gasteiger partial charge in [-0.15, -0.1) is 0 Å². The molecule has 0 saturated carbocycles. The first-order chi connectivity index (χ1) is 10.2. The van der Waals surface area contributed by atoms with E-state index in [2.05, 4.69) is 16.2 Å². The molecule has 0 spiro atoms. The molecule has 2 aromatic rings. The predicted molar refractivity (Wildman–Crippen MR) is 77.4 cm³/mol. The maximum atomic E-state index is 9.88. The van der Waals surface area contributed by atoms with Gasteiger partial charge in [-0.3, -0.25) is 0 Å². The number of benzene rings is 1. The van der Waals surface area contributed by atoms with E-state index in [0.717, 1.165) is 12.2 Å². The largest absolute Gasteiger partial charge is 0.493 e. The highest BCUT2D eigenvalue weighted by Gasteiger charge is 2.27. The lowest BCUT2D eigenvalue weighted by atomic mass is 9.96. The molecule has 3 atom stereocenters. The van der Waals surface area contributed by atoms with Crippen molar-refractivity contribution in [3.8, 4) is 5.75 Å². The molecule has 112 valence electrons. The van der Waals surface area contributed by atoms with Gasteiger partial charge < -0.3 is 14.4 Å². The molecule has 1 aromatic heterocycles. The van der Waals surface area contributed by atoms with E-state index in [9.17, 15) is 5.11 Å². The fraction of sp³-hybridized carbons (Fsp3) is 0.500. The predicted octanol–water partition coefficient (Wildman–Crippen LogP) is 2.66. The summed E-state index contributed by atoms with van der Waals surface area (Å²) in [6, 6.07) is 8.02. The minimum absolute atomic E-state index is 0.100. The number of aromatic nitrogens is 2. The van der Waals surface area contributed by atoms with Gasteiger partial charge in [-0.25, -0.2) is 0 Å². The van der Waals surface area contributed by atoms with Gasteiger partial charge in [0.15, 0.2) is 5.82 Å². The van der Waals surface area contributed by atoms with E-state index in [1.54, 1.807) is 0 Å². The second-order valence-corrected chi connectivity index (χ2v) is 5.57. The van der Waals surface area contributed by atoms with Crippen LogP contribution in [-0.4, -0.2) is 28.0 Å². The number of aliphatic hydroxyl groups is 1. The van der Waals surface area contributed by atoms with E-state index >= 15 is 0 Å². The first-order valence-corrected chi connectivity index (χ1v) is 7.41. The second-order valence-electron chi connectivity index (χ2n) is 5.57. The molecule has 0 bridgehead atoms. The first kappa shape index (κ1) is 14.1. The topological polar surface area (TPSA) is 68.4 Å². The summed E-state index contributed by atoms with van der Waals surface area (Å²) in [5.74, 6) is 2.05. The molecule has 1 aliphatic rings. The molecule has 2 heterocycles. The fourth-order valence-electron chi connectivity index (χ4n) is 2.61. The summed E-state index contributed by atoms with van der Waals surface area (Å²) < 4.78 is 11.1. The smallest absolute Gasteiger partial charge is 0.232 e. The van der Waals surface area contributed by atoms with Crippen LogP contribution in [0.4, 0.5) is 0 Å². The lowest BCUT2D eigenvalue weighted by Gasteiger charge is -2.22. The number of hydrogen-bond acceptors (Lipinski definition) is 5. The van der Waals surface area contributed by atoms with Gasteiger partial charge in [0.05, 0.1) is 24.5 Å². The lowest BCUT2D eigenvalue weighted by Crippen LogP contribution is -2.20. The summed E-state index contributed by atoms with van der Waals surface area (Å²) in [4.78, 5) is 4.46. The SMILES string of the molecule is CCC(O)C(C)c1nc(C2COc3ccccc3C2)no1. The minimum atomic E-state index is -0.457. The Balaban J connectivity index is 1.76. The van der Waals surface area contributed by atoms with E-state index in [-0.39, 0.29) is 11.8 Å². The monoisotopic (exact) mass is 288 g/mol. The number of para-hydroxylation sites is 1. The number of nitrogens with zero attached hydrogens (tertiary/aromatic N) is 2. The van der Waals surface area contributed by atoms with E-state index in [1.165, 1.54) is 5.56 Å². The van der Waals surface area contributed by atoms with E-state index in [1.807, 2.05) is 32.0 Å². The summed E-state index contributed by atoms with van der Waals surface area (Å²) in [5.41, 5.74) is 1.17. The van der Waals surface area contributed by atoms with Crippen LogP contribution in [0.15, 0.2) is 28.8 Å². The second kappa shape index (κ2) is 5.85. The van der Waals surface area contributed by atoms with Gasteiger partial charge in [-0.1, -0.05) is 37.2 Å². The molecule has 0 saturated heterocycles. The van der Waals surface area contributed by atoms with Gasteiger partial charge >= 0.3 is 0 Å². The quantitative estimate of drug-likeness (QED) is 0.936.